The van der Waals surface area contributed by atoms with Crippen molar-refractivity contribution in [2.24, 2.45) is 11.8 Å². The first-order chi connectivity index (χ1) is 7.08. The smallest absolute Gasteiger partial charge is 0.314 e. The molecule has 3 heteroatoms. The summed E-state index contributed by atoms with van der Waals surface area (Å²) in [7, 11) is 0. The fraction of sp³-hybridized carbons (Fsp3) is 0.417. The molecule has 0 fully saturated rings. The number of carbonyl (C=O) groups is 1. The predicted molar refractivity (Wildman–Crippen MR) is 61.8 cm³/mol. The first-order valence-electron chi connectivity index (χ1n) is 5.08. The van der Waals surface area contributed by atoms with Gasteiger partial charge in [0.15, 0.2) is 0 Å². The third-order valence-electron chi connectivity index (χ3n) is 2.79. The highest BCUT2D eigenvalue weighted by molar-refractivity contribution is 9.10. The molecule has 2 rings (SSSR count). The second-order valence-corrected chi connectivity index (χ2v) is 5.14. The maximum atomic E-state index is 11.7. The number of rotatable bonds is 1. The number of hydrogen-bond donors (Lipinski definition) is 0. The summed E-state index contributed by atoms with van der Waals surface area (Å²) in [5.74, 6) is 0.926. The lowest BCUT2D eigenvalue weighted by molar-refractivity contribution is -0.141. The lowest BCUT2D eigenvalue weighted by Crippen LogP contribution is -2.31. The van der Waals surface area contributed by atoms with Crippen molar-refractivity contribution in [1.82, 2.24) is 0 Å². The normalized spacial score (nSPS) is 20.0. The van der Waals surface area contributed by atoms with Crippen LogP contribution in [0.15, 0.2) is 22.7 Å². The molecular weight excluding hydrogens is 256 g/mol. The summed E-state index contributed by atoms with van der Waals surface area (Å²) in [6.07, 6.45) is 0.791. The maximum Gasteiger partial charge on any atom is 0.314 e. The molecule has 0 N–H and O–H groups in total. The van der Waals surface area contributed by atoms with Gasteiger partial charge < -0.3 is 4.74 Å². The van der Waals surface area contributed by atoms with E-state index in [0.717, 1.165) is 16.5 Å². The van der Waals surface area contributed by atoms with Crippen LogP contribution >= 0.6 is 15.9 Å². The summed E-state index contributed by atoms with van der Waals surface area (Å²) in [6, 6.07) is 5.85. The average molecular weight is 269 g/mol. The van der Waals surface area contributed by atoms with Crippen molar-refractivity contribution in [2.45, 2.75) is 20.3 Å². The van der Waals surface area contributed by atoms with Crippen molar-refractivity contribution in [3.63, 3.8) is 0 Å². The molecule has 1 aromatic rings. The van der Waals surface area contributed by atoms with Crippen LogP contribution in [0.3, 0.4) is 0 Å². The minimum absolute atomic E-state index is 0.00123. The maximum absolute atomic E-state index is 11.7. The molecule has 1 atom stereocenters. The van der Waals surface area contributed by atoms with Gasteiger partial charge in [0.25, 0.3) is 0 Å². The van der Waals surface area contributed by atoms with Crippen molar-refractivity contribution in [3.8, 4) is 5.75 Å². The molecule has 0 aromatic heterocycles. The number of benzene rings is 1. The van der Waals surface area contributed by atoms with Crippen molar-refractivity contribution >= 4 is 21.9 Å². The van der Waals surface area contributed by atoms with E-state index < -0.39 is 0 Å². The fourth-order valence-corrected chi connectivity index (χ4v) is 2.14. The van der Waals surface area contributed by atoms with Crippen LogP contribution in [-0.2, 0) is 11.2 Å². The molecule has 1 aromatic carbocycles. The first kappa shape index (κ1) is 10.7. The second-order valence-electron chi connectivity index (χ2n) is 4.23. The summed E-state index contributed by atoms with van der Waals surface area (Å²) in [4.78, 5) is 11.7. The van der Waals surface area contributed by atoms with Gasteiger partial charge >= 0.3 is 5.97 Å². The number of esters is 1. The van der Waals surface area contributed by atoms with E-state index in [0.29, 0.717) is 11.7 Å². The largest absolute Gasteiger partial charge is 0.426 e. The van der Waals surface area contributed by atoms with Crippen LogP contribution in [0.5, 0.6) is 5.75 Å². The lowest BCUT2D eigenvalue weighted by Gasteiger charge is -2.25. The summed E-state index contributed by atoms with van der Waals surface area (Å²) < 4.78 is 6.26. The van der Waals surface area contributed by atoms with Gasteiger partial charge in [-0.2, -0.15) is 0 Å². The van der Waals surface area contributed by atoms with E-state index in [4.69, 9.17) is 4.74 Å². The van der Waals surface area contributed by atoms with Gasteiger partial charge in [0.2, 0.25) is 0 Å². The van der Waals surface area contributed by atoms with Crippen LogP contribution in [0.2, 0.25) is 0 Å². The van der Waals surface area contributed by atoms with Gasteiger partial charge in [0, 0.05) is 4.47 Å². The highest BCUT2D eigenvalue weighted by Crippen LogP contribution is 2.33. The Morgan fingerprint density at radius 2 is 2.20 bits per heavy atom. The Morgan fingerprint density at radius 1 is 1.47 bits per heavy atom. The molecule has 0 saturated heterocycles. The Morgan fingerprint density at radius 3 is 2.87 bits per heavy atom. The molecular formula is C12H13BrO2. The molecule has 1 aliphatic heterocycles. The highest BCUT2D eigenvalue weighted by atomic mass is 79.9. The van der Waals surface area contributed by atoms with E-state index in [-0.39, 0.29) is 11.9 Å². The monoisotopic (exact) mass is 268 g/mol. The van der Waals surface area contributed by atoms with Crippen molar-refractivity contribution in [1.29, 1.82) is 0 Å². The number of fused-ring (bicyclic) bond motifs is 1. The van der Waals surface area contributed by atoms with Gasteiger partial charge in [-0.3, -0.25) is 4.79 Å². The van der Waals surface area contributed by atoms with E-state index in [9.17, 15) is 4.79 Å². The molecule has 1 unspecified atom stereocenters. The van der Waals surface area contributed by atoms with Crippen LogP contribution in [-0.4, -0.2) is 5.97 Å². The van der Waals surface area contributed by atoms with Gasteiger partial charge in [0.1, 0.15) is 5.75 Å². The Hall–Kier alpha value is -0.830. The number of halogens is 1. The molecule has 0 radical (unpaired) electrons. The van der Waals surface area contributed by atoms with Crippen LogP contribution in [0.4, 0.5) is 0 Å². The molecule has 1 aliphatic rings. The Labute approximate surface area is 97.8 Å². The number of carbonyl (C=O) groups excluding carboxylic acids is 1. The highest BCUT2D eigenvalue weighted by Gasteiger charge is 2.30. The van der Waals surface area contributed by atoms with E-state index >= 15 is 0 Å². The van der Waals surface area contributed by atoms with E-state index in [2.05, 4.69) is 29.8 Å². The van der Waals surface area contributed by atoms with Gasteiger partial charge in [-0.1, -0.05) is 35.8 Å². The molecule has 2 nitrogen and oxygen atoms in total. The summed E-state index contributed by atoms with van der Waals surface area (Å²) in [5, 5.41) is 0. The van der Waals surface area contributed by atoms with Crippen LogP contribution < -0.4 is 4.74 Å². The molecule has 0 saturated carbocycles. The Balaban J connectivity index is 2.34. The topological polar surface area (TPSA) is 26.3 Å². The van der Waals surface area contributed by atoms with E-state index in [1.807, 2.05) is 18.2 Å². The van der Waals surface area contributed by atoms with Gasteiger partial charge in [0.05, 0.1) is 5.92 Å². The second kappa shape index (κ2) is 3.97. The van der Waals surface area contributed by atoms with Crippen molar-refractivity contribution in [3.05, 3.63) is 28.2 Å². The van der Waals surface area contributed by atoms with Gasteiger partial charge in [-0.05, 0) is 30.0 Å². The zero-order chi connectivity index (χ0) is 11.0. The standard InChI is InChI=1S/C12H13BrO2/c1-7(2)10-5-8-3-4-9(13)6-11(8)15-12(10)14/h3-4,6-7,10H,5H2,1-2H3. The molecule has 0 bridgehead atoms. The lowest BCUT2D eigenvalue weighted by atomic mass is 9.87. The third-order valence-corrected chi connectivity index (χ3v) is 3.28. The van der Waals surface area contributed by atoms with Crippen molar-refractivity contribution < 1.29 is 9.53 Å². The molecule has 15 heavy (non-hydrogen) atoms. The van der Waals surface area contributed by atoms with E-state index in [1.165, 1.54) is 0 Å². The van der Waals surface area contributed by atoms with Crippen LogP contribution in [0.25, 0.3) is 0 Å². The van der Waals surface area contributed by atoms with Crippen molar-refractivity contribution in [2.75, 3.05) is 0 Å². The zero-order valence-corrected chi connectivity index (χ0v) is 10.4. The van der Waals surface area contributed by atoms with Gasteiger partial charge in [-0.15, -0.1) is 0 Å². The molecule has 1 heterocycles. The summed E-state index contributed by atoms with van der Waals surface area (Å²) >= 11 is 3.36. The molecule has 0 aliphatic carbocycles. The summed E-state index contributed by atoms with van der Waals surface area (Å²) in [5.41, 5.74) is 1.12. The summed E-state index contributed by atoms with van der Waals surface area (Å²) in [6.45, 7) is 4.10. The predicted octanol–water partition coefficient (Wildman–Crippen LogP) is 3.18. The minimum atomic E-state index is -0.101. The minimum Gasteiger partial charge on any atom is -0.426 e. The third kappa shape index (κ3) is 2.07. The number of hydrogen-bond acceptors (Lipinski definition) is 2. The molecule has 80 valence electrons. The van der Waals surface area contributed by atoms with Gasteiger partial charge in [-0.25, -0.2) is 0 Å². The number of ether oxygens (including phenoxy) is 1. The molecule has 0 spiro atoms. The zero-order valence-electron chi connectivity index (χ0n) is 8.79. The SMILES string of the molecule is CC(C)C1Cc2ccc(Br)cc2OC1=O. The first-order valence-corrected chi connectivity index (χ1v) is 5.87. The fourth-order valence-electron chi connectivity index (χ4n) is 1.80. The Kier molecular flexibility index (Phi) is 2.83. The molecule has 0 amide bonds. The average Bonchev–Trinajstić information content (AvgIpc) is 2.15. The Bertz CT molecular complexity index is 399. The van der Waals surface area contributed by atoms with Crippen LogP contribution in [0.1, 0.15) is 19.4 Å². The quantitative estimate of drug-likeness (QED) is 0.578. The van der Waals surface area contributed by atoms with E-state index in [1.54, 1.807) is 0 Å². The van der Waals surface area contributed by atoms with Crippen LogP contribution in [0, 0.1) is 11.8 Å².